The van der Waals surface area contributed by atoms with Gasteiger partial charge in [-0.15, -0.1) is 0 Å². The second-order valence-electron chi connectivity index (χ2n) is 9.89. The maximum atomic E-state index is 7.31. The van der Waals surface area contributed by atoms with Gasteiger partial charge in [-0.3, -0.25) is 9.97 Å². The minimum atomic E-state index is 0.638. The molecule has 0 spiro atoms. The monoisotopic (exact) mass is 508 g/mol. The molecule has 0 saturated carbocycles. The highest BCUT2D eigenvalue weighted by molar-refractivity contribution is 6.32. The Labute approximate surface area is 230 Å². The van der Waals surface area contributed by atoms with Crippen LogP contribution in [0.5, 0.6) is 0 Å². The lowest BCUT2D eigenvalue weighted by Gasteiger charge is -2.17. The van der Waals surface area contributed by atoms with E-state index in [1.165, 1.54) is 0 Å². The molecule has 0 saturated heterocycles. The van der Waals surface area contributed by atoms with Crippen molar-refractivity contribution in [3.8, 4) is 22.4 Å². The Morgan fingerprint density at radius 2 is 1.07 bits per heavy atom. The van der Waals surface area contributed by atoms with E-state index in [2.05, 4.69) is 71.6 Å². The van der Waals surface area contributed by atoms with Crippen molar-refractivity contribution in [2.75, 3.05) is 0 Å². The summed E-state index contributed by atoms with van der Waals surface area (Å²) in [6.07, 6.45) is 3.67. The number of aromatic nitrogens is 3. The summed E-state index contributed by atoms with van der Waals surface area (Å²) in [5.41, 5.74) is 7.57. The average molecular weight is 509 g/mol. The Bertz CT molecular complexity index is 2330. The molecule has 184 valence electrons. The summed E-state index contributed by atoms with van der Waals surface area (Å²) in [4.78, 5) is 18.4. The number of fused-ring (bicyclic) bond motifs is 9. The summed E-state index contributed by atoms with van der Waals surface area (Å²) >= 11 is 0. The summed E-state index contributed by atoms with van der Waals surface area (Å²) in [6.45, 7) is 7.31. The van der Waals surface area contributed by atoms with Gasteiger partial charge < -0.3 is 0 Å². The molecule has 0 aliphatic heterocycles. The third-order valence-electron chi connectivity index (χ3n) is 7.76. The molecule has 5 aromatic carbocycles. The summed E-state index contributed by atoms with van der Waals surface area (Å²) in [6, 6.07) is 37.3. The highest BCUT2D eigenvalue weighted by atomic mass is 14.7. The van der Waals surface area contributed by atoms with Crippen molar-refractivity contribution in [1.82, 2.24) is 15.0 Å². The third kappa shape index (κ3) is 3.22. The van der Waals surface area contributed by atoms with E-state index in [4.69, 9.17) is 21.5 Å². The van der Waals surface area contributed by atoms with Crippen LogP contribution in [0.3, 0.4) is 0 Å². The van der Waals surface area contributed by atoms with Crippen molar-refractivity contribution in [1.29, 1.82) is 0 Å². The molecule has 0 aliphatic rings. The van der Waals surface area contributed by atoms with Gasteiger partial charge in [-0.1, -0.05) is 91.0 Å². The molecule has 4 nitrogen and oxygen atoms in total. The first kappa shape index (κ1) is 22.3. The first-order chi connectivity index (χ1) is 19.8. The Hall–Kier alpha value is -5.66. The number of hydrogen-bond donors (Lipinski definition) is 0. The third-order valence-corrected chi connectivity index (χ3v) is 7.76. The van der Waals surface area contributed by atoms with Gasteiger partial charge in [-0.05, 0) is 40.1 Å². The summed E-state index contributed by atoms with van der Waals surface area (Å²) in [5.74, 6) is 0. The number of benzene rings is 5. The molecule has 0 N–H and O–H groups in total. The molecule has 0 amide bonds. The molecule has 0 radical (unpaired) electrons. The predicted octanol–water partition coefficient (Wildman–Crippen LogP) is 9.52. The maximum absolute atomic E-state index is 7.31. The molecular weight excluding hydrogens is 488 g/mol. The zero-order valence-electron chi connectivity index (χ0n) is 21.3. The second-order valence-corrected chi connectivity index (χ2v) is 9.89. The Kier molecular flexibility index (Phi) is 4.85. The molecule has 40 heavy (non-hydrogen) atoms. The Morgan fingerprint density at radius 1 is 0.500 bits per heavy atom. The van der Waals surface area contributed by atoms with E-state index in [9.17, 15) is 0 Å². The second kappa shape index (κ2) is 8.69. The van der Waals surface area contributed by atoms with Crippen molar-refractivity contribution >= 4 is 59.9 Å². The minimum Gasteiger partial charge on any atom is -0.254 e. The molecule has 0 atom stereocenters. The maximum Gasteiger partial charge on any atom is 0.187 e. The van der Waals surface area contributed by atoms with Gasteiger partial charge in [0.1, 0.15) is 0 Å². The Morgan fingerprint density at radius 3 is 1.77 bits per heavy atom. The molecule has 4 heteroatoms. The van der Waals surface area contributed by atoms with Crippen LogP contribution in [0.25, 0.3) is 81.5 Å². The minimum absolute atomic E-state index is 0.638. The van der Waals surface area contributed by atoms with E-state index in [1.807, 2.05) is 54.9 Å². The van der Waals surface area contributed by atoms with Gasteiger partial charge in [0.25, 0.3) is 0 Å². The van der Waals surface area contributed by atoms with Crippen molar-refractivity contribution in [3.63, 3.8) is 0 Å². The fourth-order valence-electron chi connectivity index (χ4n) is 6.01. The zero-order chi connectivity index (χ0) is 26.6. The fraction of sp³-hybridized carbons (Fsp3) is 0. The topological polar surface area (TPSA) is 43.0 Å². The average Bonchev–Trinajstić information content (AvgIpc) is 3.04. The van der Waals surface area contributed by atoms with E-state index in [0.29, 0.717) is 5.69 Å². The number of pyridine rings is 3. The number of hydrogen-bond acceptors (Lipinski definition) is 3. The SMILES string of the molecule is [C-]#[N+]c1ccc(-c2ccc(-c3nc4ccccc4c4c5cccnc5c5ncccc5c34)c3ccccc23)cc1. The zero-order valence-corrected chi connectivity index (χ0v) is 21.3. The van der Waals surface area contributed by atoms with E-state index >= 15 is 0 Å². The molecule has 3 heterocycles. The quantitative estimate of drug-likeness (QED) is 0.172. The molecule has 8 aromatic rings. The van der Waals surface area contributed by atoms with Crippen LogP contribution in [-0.2, 0) is 0 Å². The van der Waals surface area contributed by atoms with Gasteiger partial charge in [0, 0.05) is 44.9 Å². The van der Waals surface area contributed by atoms with E-state index < -0.39 is 0 Å². The van der Waals surface area contributed by atoms with Crippen LogP contribution in [0, 0.1) is 6.57 Å². The van der Waals surface area contributed by atoms with Crippen LogP contribution >= 0.6 is 0 Å². The largest absolute Gasteiger partial charge is 0.254 e. The van der Waals surface area contributed by atoms with E-state index in [1.54, 1.807) is 0 Å². The molecular formula is C36H20N4. The molecule has 0 aliphatic carbocycles. The van der Waals surface area contributed by atoms with E-state index in [0.717, 1.165) is 76.6 Å². The smallest absolute Gasteiger partial charge is 0.187 e. The molecule has 8 rings (SSSR count). The van der Waals surface area contributed by atoms with Crippen LogP contribution in [0.1, 0.15) is 0 Å². The van der Waals surface area contributed by atoms with Gasteiger partial charge in [0.15, 0.2) is 5.69 Å². The molecule has 0 unspecified atom stereocenters. The van der Waals surface area contributed by atoms with Crippen LogP contribution in [-0.4, -0.2) is 15.0 Å². The predicted molar refractivity (Wildman–Crippen MR) is 164 cm³/mol. The van der Waals surface area contributed by atoms with Gasteiger partial charge >= 0.3 is 0 Å². The van der Waals surface area contributed by atoms with Crippen LogP contribution in [0.2, 0.25) is 0 Å². The molecule has 3 aromatic heterocycles. The number of rotatable bonds is 2. The first-order valence-corrected chi connectivity index (χ1v) is 13.2. The highest BCUT2D eigenvalue weighted by Gasteiger charge is 2.20. The normalized spacial score (nSPS) is 11.5. The van der Waals surface area contributed by atoms with Crippen molar-refractivity contribution in [2.24, 2.45) is 0 Å². The lowest BCUT2D eigenvalue weighted by Crippen LogP contribution is -1.95. The summed E-state index contributed by atoms with van der Waals surface area (Å²) in [7, 11) is 0. The standard InChI is InChI=1S/C36H20N4/c1-37-23-16-14-22(15-17-23)24-18-19-27(26-9-3-2-8-25(24)26)34-33-30-12-7-21-39-36(30)35-29(11-6-20-38-35)32(33)28-10-4-5-13-31(28)40-34/h2-21H. The van der Waals surface area contributed by atoms with Gasteiger partial charge in [0.2, 0.25) is 0 Å². The van der Waals surface area contributed by atoms with E-state index in [-0.39, 0.29) is 0 Å². The summed E-state index contributed by atoms with van der Waals surface area (Å²) in [5, 5.41) is 7.72. The van der Waals surface area contributed by atoms with Gasteiger partial charge in [0.05, 0.1) is 28.8 Å². The van der Waals surface area contributed by atoms with Crippen molar-refractivity contribution in [3.05, 3.63) is 133 Å². The Balaban J connectivity index is 1.55. The molecule has 0 fully saturated rings. The van der Waals surface area contributed by atoms with Crippen LogP contribution in [0.15, 0.2) is 122 Å². The van der Waals surface area contributed by atoms with Gasteiger partial charge in [-0.2, -0.15) is 0 Å². The van der Waals surface area contributed by atoms with Gasteiger partial charge in [-0.25, -0.2) is 9.83 Å². The van der Waals surface area contributed by atoms with Crippen molar-refractivity contribution < 1.29 is 0 Å². The van der Waals surface area contributed by atoms with Crippen LogP contribution < -0.4 is 0 Å². The fourth-order valence-corrected chi connectivity index (χ4v) is 6.01. The summed E-state index contributed by atoms with van der Waals surface area (Å²) < 4.78 is 0. The van der Waals surface area contributed by atoms with Crippen molar-refractivity contribution in [2.45, 2.75) is 0 Å². The first-order valence-electron chi connectivity index (χ1n) is 13.2. The lowest BCUT2D eigenvalue weighted by atomic mass is 9.89. The highest BCUT2D eigenvalue weighted by Crippen LogP contribution is 2.44. The number of para-hydroxylation sites is 1. The van der Waals surface area contributed by atoms with Crippen LogP contribution in [0.4, 0.5) is 5.69 Å². The number of nitrogens with zero attached hydrogens (tertiary/aromatic N) is 4. The lowest BCUT2D eigenvalue weighted by molar-refractivity contribution is 1.38. The molecule has 0 bridgehead atoms.